The van der Waals surface area contributed by atoms with Gasteiger partial charge in [0.15, 0.2) is 0 Å². The van der Waals surface area contributed by atoms with Gasteiger partial charge < -0.3 is 15.5 Å². The van der Waals surface area contributed by atoms with Gasteiger partial charge in [-0.25, -0.2) is 4.79 Å². The summed E-state index contributed by atoms with van der Waals surface area (Å²) in [7, 11) is 0. The van der Waals surface area contributed by atoms with Crippen LogP contribution in [-0.4, -0.2) is 24.5 Å². The Hall–Kier alpha value is -2.04. The molecule has 0 spiro atoms. The smallest absolute Gasteiger partial charge is 0.315 e. The minimum atomic E-state index is -0.105. The predicted octanol–water partition coefficient (Wildman–Crippen LogP) is 1.77. The first kappa shape index (κ1) is 13.0. The summed E-state index contributed by atoms with van der Waals surface area (Å²) in [6, 6.07) is 8.07. The first-order valence-electron chi connectivity index (χ1n) is 7.16. The summed E-state index contributed by atoms with van der Waals surface area (Å²) >= 11 is 0. The van der Waals surface area contributed by atoms with Gasteiger partial charge in [-0.15, -0.1) is 0 Å². The molecule has 20 heavy (non-hydrogen) atoms. The highest BCUT2D eigenvalue weighted by Crippen LogP contribution is 2.21. The molecule has 0 radical (unpaired) electrons. The number of nitrogens with one attached hydrogen (secondary N) is 2. The van der Waals surface area contributed by atoms with Crippen molar-refractivity contribution in [2.75, 3.05) is 11.4 Å². The lowest BCUT2D eigenvalue weighted by molar-refractivity contribution is -0.117. The van der Waals surface area contributed by atoms with Gasteiger partial charge in [0.1, 0.15) is 0 Å². The molecule has 2 aliphatic rings. The first-order chi connectivity index (χ1) is 9.72. The quantitative estimate of drug-likeness (QED) is 0.878. The van der Waals surface area contributed by atoms with Crippen molar-refractivity contribution in [2.45, 2.75) is 38.3 Å². The summed E-state index contributed by atoms with van der Waals surface area (Å²) in [5.41, 5.74) is 1.98. The van der Waals surface area contributed by atoms with E-state index in [9.17, 15) is 9.59 Å². The average molecular weight is 273 g/mol. The number of carbonyl (C=O) groups is 2. The van der Waals surface area contributed by atoms with E-state index >= 15 is 0 Å². The van der Waals surface area contributed by atoms with Gasteiger partial charge in [-0.1, -0.05) is 12.1 Å². The Morgan fingerprint density at radius 2 is 2.00 bits per heavy atom. The van der Waals surface area contributed by atoms with E-state index in [0.29, 0.717) is 19.0 Å². The molecule has 3 rings (SSSR count). The van der Waals surface area contributed by atoms with Gasteiger partial charge in [0.05, 0.1) is 0 Å². The summed E-state index contributed by atoms with van der Waals surface area (Å²) in [6.07, 6.45) is 3.76. The second kappa shape index (κ2) is 5.53. The fourth-order valence-corrected chi connectivity index (χ4v) is 2.36. The SMILES string of the molecule is O=C(NCc1ccc(N2CCCC2=O)cc1)NC1CC1. The lowest BCUT2D eigenvalue weighted by Gasteiger charge is -2.16. The average Bonchev–Trinajstić information content (AvgIpc) is 3.16. The van der Waals surface area contributed by atoms with Crippen LogP contribution < -0.4 is 15.5 Å². The molecule has 2 fully saturated rings. The van der Waals surface area contributed by atoms with Crippen molar-refractivity contribution < 1.29 is 9.59 Å². The molecule has 0 bridgehead atoms. The van der Waals surface area contributed by atoms with Crippen molar-refractivity contribution in [1.29, 1.82) is 0 Å². The van der Waals surface area contributed by atoms with Crippen LogP contribution in [0, 0.1) is 0 Å². The van der Waals surface area contributed by atoms with E-state index < -0.39 is 0 Å². The number of hydrogen-bond donors (Lipinski definition) is 2. The Morgan fingerprint density at radius 3 is 2.60 bits per heavy atom. The summed E-state index contributed by atoms with van der Waals surface area (Å²) < 4.78 is 0. The van der Waals surface area contributed by atoms with Crippen LogP contribution in [-0.2, 0) is 11.3 Å². The largest absolute Gasteiger partial charge is 0.335 e. The maximum atomic E-state index is 11.6. The van der Waals surface area contributed by atoms with E-state index in [-0.39, 0.29) is 11.9 Å². The molecule has 1 aliphatic heterocycles. The third-order valence-electron chi connectivity index (χ3n) is 3.69. The summed E-state index contributed by atoms with van der Waals surface area (Å²) in [5.74, 6) is 0.194. The zero-order chi connectivity index (χ0) is 13.9. The number of anilines is 1. The minimum absolute atomic E-state index is 0.105. The van der Waals surface area contributed by atoms with Crippen molar-refractivity contribution in [3.63, 3.8) is 0 Å². The van der Waals surface area contributed by atoms with Crippen molar-refractivity contribution in [3.05, 3.63) is 29.8 Å². The van der Waals surface area contributed by atoms with Gasteiger partial charge in [-0.2, -0.15) is 0 Å². The lowest BCUT2D eigenvalue weighted by atomic mass is 10.2. The van der Waals surface area contributed by atoms with E-state index in [1.54, 1.807) is 0 Å². The Bertz CT molecular complexity index is 508. The van der Waals surface area contributed by atoms with Gasteiger partial charge >= 0.3 is 6.03 Å². The molecule has 106 valence electrons. The number of hydrogen-bond acceptors (Lipinski definition) is 2. The standard InChI is InChI=1S/C15H19N3O2/c19-14-2-1-9-18(14)13-7-3-11(4-8-13)10-16-15(20)17-12-5-6-12/h3-4,7-8,12H,1-2,5-6,9-10H2,(H2,16,17,20). The van der Waals surface area contributed by atoms with Crippen molar-refractivity contribution >= 4 is 17.6 Å². The van der Waals surface area contributed by atoms with Gasteiger partial charge in [-0.3, -0.25) is 4.79 Å². The first-order valence-corrected chi connectivity index (χ1v) is 7.16. The molecule has 0 aromatic heterocycles. The monoisotopic (exact) mass is 273 g/mol. The molecule has 1 saturated carbocycles. The van der Waals surface area contributed by atoms with Crippen LogP contribution in [0.25, 0.3) is 0 Å². The van der Waals surface area contributed by atoms with Crippen LogP contribution in [0.3, 0.4) is 0 Å². The Morgan fingerprint density at radius 1 is 1.25 bits per heavy atom. The van der Waals surface area contributed by atoms with E-state index in [2.05, 4.69) is 10.6 Å². The minimum Gasteiger partial charge on any atom is -0.335 e. The molecule has 3 amide bonds. The fraction of sp³-hybridized carbons (Fsp3) is 0.467. The van der Waals surface area contributed by atoms with E-state index in [4.69, 9.17) is 0 Å². The third-order valence-corrected chi connectivity index (χ3v) is 3.69. The van der Waals surface area contributed by atoms with Crippen LogP contribution in [0.2, 0.25) is 0 Å². The molecule has 5 heteroatoms. The summed E-state index contributed by atoms with van der Waals surface area (Å²) in [6.45, 7) is 1.31. The highest BCUT2D eigenvalue weighted by atomic mass is 16.2. The maximum absolute atomic E-state index is 11.6. The van der Waals surface area contributed by atoms with Crippen LogP contribution in [0.4, 0.5) is 10.5 Å². The van der Waals surface area contributed by atoms with Crippen LogP contribution in [0.5, 0.6) is 0 Å². The van der Waals surface area contributed by atoms with Gasteiger partial charge in [-0.05, 0) is 37.0 Å². The van der Waals surface area contributed by atoms with Crippen molar-refractivity contribution in [2.24, 2.45) is 0 Å². The second-order valence-corrected chi connectivity index (χ2v) is 5.42. The lowest BCUT2D eigenvalue weighted by Crippen LogP contribution is -2.36. The molecule has 1 aliphatic carbocycles. The molecule has 0 atom stereocenters. The summed E-state index contributed by atoms with van der Waals surface area (Å²) in [4.78, 5) is 25.0. The number of benzene rings is 1. The highest BCUT2D eigenvalue weighted by Gasteiger charge is 2.23. The van der Waals surface area contributed by atoms with Crippen LogP contribution >= 0.6 is 0 Å². The molecular weight excluding hydrogens is 254 g/mol. The van der Waals surface area contributed by atoms with Crippen LogP contribution in [0.15, 0.2) is 24.3 Å². The van der Waals surface area contributed by atoms with E-state index in [1.807, 2.05) is 29.2 Å². The maximum Gasteiger partial charge on any atom is 0.315 e. The molecule has 1 aromatic rings. The molecule has 1 aromatic carbocycles. The van der Waals surface area contributed by atoms with Gasteiger partial charge in [0, 0.05) is 31.2 Å². The summed E-state index contributed by atoms with van der Waals surface area (Å²) in [5, 5.41) is 5.72. The highest BCUT2D eigenvalue weighted by molar-refractivity contribution is 5.95. The number of carbonyl (C=O) groups excluding carboxylic acids is 2. The Balaban J connectivity index is 1.52. The molecule has 0 unspecified atom stereocenters. The number of amides is 3. The van der Waals surface area contributed by atoms with Crippen LogP contribution in [0.1, 0.15) is 31.2 Å². The van der Waals surface area contributed by atoms with E-state index in [1.165, 1.54) is 0 Å². The Labute approximate surface area is 118 Å². The van der Waals surface area contributed by atoms with Crippen molar-refractivity contribution in [3.8, 4) is 0 Å². The molecule has 1 heterocycles. The zero-order valence-electron chi connectivity index (χ0n) is 11.4. The fourth-order valence-electron chi connectivity index (χ4n) is 2.36. The number of rotatable bonds is 4. The second-order valence-electron chi connectivity index (χ2n) is 5.42. The molecule has 2 N–H and O–H groups in total. The third kappa shape index (κ3) is 3.10. The molecule has 1 saturated heterocycles. The molecular formula is C15H19N3O2. The predicted molar refractivity (Wildman–Crippen MR) is 76.4 cm³/mol. The number of urea groups is 1. The zero-order valence-corrected chi connectivity index (χ0v) is 11.4. The van der Waals surface area contributed by atoms with E-state index in [0.717, 1.165) is 37.1 Å². The number of nitrogens with zero attached hydrogens (tertiary/aromatic N) is 1. The Kier molecular flexibility index (Phi) is 3.58. The van der Waals surface area contributed by atoms with Gasteiger partial charge in [0.2, 0.25) is 5.91 Å². The normalized spacial score (nSPS) is 18.2. The van der Waals surface area contributed by atoms with Crippen molar-refractivity contribution in [1.82, 2.24) is 10.6 Å². The topological polar surface area (TPSA) is 61.4 Å². The van der Waals surface area contributed by atoms with Gasteiger partial charge in [0.25, 0.3) is 0 Å². The molecule has 5 nitrogen and oxygen atoms in total.